The smallest absolute Gasteiger partial charge is 0.328 e. The molecule has 1 N–H and O–H groups in total. The highest BCUT2D eigenvalue weighted by molar-refractivity contribution is 5.74. The predicted octanol–water partition coefficient (Wildman–Crippen LogP) is 1.01. The summed E-state index contributed by atoms with van der Waals surface area (Å²) in [5, 5.41) is 3.36. The topological polar surface area (TPSA) is 56.1 Å². The maximum atomic E-state index is 11.9. The van der Waals surface area contributed by atoms with Crippen LogP contribution in [0, 0.1) is 0 Å². The number of carbonyl (C=O) groups is 1. The lowest BCUT2D eigenvalue weighted by atomic mass is 10.0. The number of esters is 1. The summed E-state index contributed by atoms with van der Waals surface area (Å²) >= 11 is 0. The van der Waals surface area contributed by atoms with Gasteiger partial charge in [0.1, 0.15) is 11.9 Å². The molecule has 0 amide bonds. The molecule has 18 heavy (non-hydrogen) atoms. The van der Waals surface area contributed by atoms with Crippen LogP contribution in [-0.2, 0) is 16.0 Å². The van der Waals surface area contributed by atoms with Gasteiger partial charge < -0.3 is 14.6 Å². The third kappa shape index (κ3) is 1.82. The molecule has 0 spiro atoms. The summed E-state index contributed by atoms with van der Waals surface area (Å²) in [6.45, 7) is 2.00. The number of nitrogens with zero attached hydrogens (tertiary/aromatic N) is 2. The van der Waals surface area contributed by atoms with Gasteiger partial charge in [0, 0.05) is 24.4 Å². The molecule has 1 aromatic heterocycles. The van der Waals surface area contributed by atoms with E-state index in [9.17, 15) is 4.79 Å². The molecule has 2 aliphatic rings. The summed E-state index contributed by atoms with van der Waals surface area (Å²) < 4.78 is 7.06. The number of rotatable bonds is 2. The molecule has 2 aliphatic heterocycles. The van der Waals surface area contributed by atoms with Crippen molar-refractivity contribution in [3.8, 4) is 0 Å². The Morgan fingerprint density at radius 2 is 2.44 bits per heavy atom. The van der Waals surface area contributed by atoms with Crippen LogP contribution in [0.5, 0.6) is 0 Å². The molecule has 5 heteroatoms. The van der Waals surface area contributed by atoms with Gasteiger partial charge in [-0.15, -0.1) is 0 Å². The number of methoxy groups -OCH3 is 1. The van der Waals surface area contributed by atoms with Gasteiger partial charge >= 0.3 is 5.97 Å². The minimum absolute atomic E-state index is 0.138. The molecule has 1 fully saturated rings. The van der Waals surface area contributed by atoms with E-state index in [4.69, 9.17) is 4.74 Å². The molecule has 1 saturated heterocycles. The molecular formula is C13H19N3O2. The minimum Gasteiger partial charge on any atom is -0.467 e. The fourth-order valence-electron chi connectivity index (χ4n) is 3.10. The van der Waals surface area contributed by atoms with Crippen molar-refractivity contribution in [1.82, 2.24) is 14.9 Å². The minimum atomic E-state index is -0.170. The van der Waals surface area contributed by atoms with Gasteiger partial charge in [-0.25, -0.2) is 9.78 Å². The SMILES string of the molecule is COC(=O)C1CCCc2cnc(C3CCNC3)n21. The number of aryl methyl sites for hydroxylation is 1. The number of carbonyl (C=O) groups excluding carboxylic acids is 1. The summed E-state index contributed by atoms with van der Waals surface area (Å²) in [4.78, 5) is 16.5. The fourth-order valence-corrected chi connectivity index (χ4v) is 3.10. The highest BCUT2D eigenvalue weighted by atomic mass is 16.5. The summed E-state index contributed by atoms with van der Waals surface area (Å²) in [6.07, 6.45) is 5.95. The standard InChI is InChI=1S/C13H19N3O2/c1-18-13(17)11-4-2-3-10-8-15-12(16(10)11)9-5-6-14-7-9/h8-9,11,14H,2-7H2,1H3. The first kappa shape index (κ1) is 11.7. The Balaban J connectivity index is 1.97. The van der Waals surface area contributed by atoms with Crippen molar-refractivity contribution >= 4 is 5.97 Å². The van der Waals surface area contributed by atoms with Gasteiger partial charge in [0.15, 0.2) is 0 Å². The largest absolute Gasteiger partial charge is 0.467 e. The number of imidazole rings is 1. The van der Waals surface area contributed by atoms with Crippen LogP contribution in [-0.4, -0.2) is 35.7 Å². The second-order valence-electron chi connectivity index (χ2n) is 5.10. The van der Waals surface area contributed by atoms with Gasteiger partial charge in [0.25, 0.3) is 0 Å². The van der Waals surface area contributed by atoms with Crippen molar-refractivity contribution in [2.45, 2.75) is 37.6 Å². The zero-order valence-corrected chi connectivity index (χ0v) is 10.7. The van der Waals surface area contributed by atoms with E-state index in [0.717, 1.165) is 44.6 Å². The average Bonchev–Trinajstić information content (AvgIpc) is 3.05. The van der Waals surface area contributed by atoms with Crippen molar-refractivity contribution in [2.75, 3.05) is 20.2 Å². The number of aromatic nitrogens is 2. The zero-order valence-electron chi connectivity index (χ0n) is 10.7. The summed E-state index contributed by atoms with van der Waals surface area (Å²) in [5.74, 6) is 1.36. The van der Waals surface area contributed by atoms with Crippen molar-refractivity contribution in [3.05, 3.63) is 17.7 Å². The van der Waals surface area contributed by atoms with Crippen LogP contribution in [0.15, 0.2) is 6.20 Å². The van der Waals surface area contributed by atoms with E-state index in [-0.39, 0.29) is 12.0 Å². The lowest BCUT2D eigenvalue weighted by Gasteiger charge is -2.26. The van der Waals surface area contributed by atoms with Crippen LogP contribution >= 0.6 is 0 Å². The Bertz CT molecular complexity index is 449. The van der Waals surface area contributed by atoms with Gasteiger partial charge in [-0.2, -0.15) is 0 Å². The van der Waals surface area contributed by atoms with E-state index in [1.54, 1.807) is 0 Å². The number of hydrogen-bond donors (Lipinski definition) is 1. The molecule has 0 saturated carbocycles. The maximum absolute atomic E-state index is 11.9. The Labute approximate surface area is 107 Å². The van der Waals surface area contributed by atoms with Crippen LogP contribution in [0.2, 0.25) is 0 Å². The molecule has 2 unspecified atom stereocenters. The molecule has 98 valence electrons. The Hall–Kier alpha value is -1.36. The molecule has 1 aromatic rings. The van der Waals surface area contributed by atoms with Crippen molar-refractivity contribution in [3.63, 3.8) is 0 Å². The first-order valence-electron chi connectivity index (χ1n) is 6.66. The second-order valence-corrected chi connectivity index (χ2v) is 5.10. The van der Waals surface area contributed by atoms with Gasteiger partial charge in [-0.3, -0.25) is 0 Å². The maximum Gasteiger partial charge on any atom is 0.328 e. The van der Waals surface area contributed by atoms with Crippen LogP contribution in [0.1, 0.15) is 42.7 Å². The predicted molar refractivity (Wildman–Crippen MR) is 66.4 cm³/mol. The first-order chi connectivity index (χ1) is 8.81. The molecule has 3 rings (SSSR count). The molecule has 3 heterocycles. The summed E-state index contributed by atoms with van der Waals surface area (Å²) in [6, 6.07) is -0.170. The third-order valence-electron chi connectivity index (χ3n) is 4.02. The second kappa shape index (κ2) is 4.72. The van der Waals surface area contributed by atoms with Crippen LogP contribution in [0.25, 0.3) is 0 Å². The molecule has 2 atom stereocenters. The lowest BCUT2D eigenvalue weighted by molar-refractivity contribution is -0.145. The van der Waals surface area contributed by atoms with Crippen molar-refractivity contribution in [1.29, 1.82) is 0 Å². The van der Waals surface area contributed by atoms with E-state index in [1.165, 1.54) is 12.8 Å². The van der Waals surface area contributed by atoms with E-state index >= 15 is 0 Å². The Morgan fingerprint density at radius 1 is 1.56 bits per heavy atom. The van der Waals surface area contributed by atoms with Gasteiger partial charge in [-0.1, -0.05) is 0 Å². The van der Waals surface area contributed by atoms with Crippen molar-refractivity contribution < 1.29 is 9.53 Å². The number of nitrogens with one attached hydrogen (secondary N) is 1. The highest BCUT2D eigenvalue weighted by Crippen LogP contribution is 2.32. The van der Waals surface area contributed by atoms with Crippen LogP contribution in [0.3, 0.4) is 0 Å². The lowest BCUT2D eigenvalue weighted by Crippen LogP contribution is -2.28. The quantitative estimate of drug-likeness (QED) is 0.795. The molecule has 0 aromatic carbocycles. The monoisotopic (exact) mass is 249 g/mol. The van der Waals surface area contributed by atoms with Gasteiger partial charge in [0.2, 0.25) is 0 Å². The van der Waals surface area contributed by atoms with Crippen molar-refractivity contribution in [2.24, 2.45) is 0 Å². The zero-order chi connectivity index (χ0) is 12.5. The normalized spacial score (nSPS) is 26.9. The highest BCUT2D eigenvalue weighted by Gasteiger charge is 2.32. The Morgan fingerprint density at radius 3 is 3.17 bits per heavy atom. The van der Waals surface area contributed by atoms with E-state index in [1.807, 2.05) is 6.20 Å². The van der Waals surface area contributed by atoms with Gasteiger partial charge in [0.05, 0.1) is 7.11 Å². The number of hydrogen-bond acceptors (Lipinski definition) is 4. The molecule has 0 radical (unpaired) electrons. The molecule has 5 nitrogen and oxygen atoms in total. The van der Waals surface area contributed by atoms with Gasteiger partial charge in [-0.05, 0) is 32.2 Å². The van der Waals surface area contributed by atoms with Crippen LogP contribution < -0.4 is 5.32 Å². The molecule has 0 aliphatic carbocycles. The summed E-state index contributed by atoms with van der Waals surface area (Å²) in [7, 11) is 1.46. The average molecular weight is 249 g/mol. The Kier molecular flexibility index (Phi) is 3.07. The third-order valence-corrected chi connectivity index (χ3v) is 4.02. The molecular weight excluding hydrogens is 230 g/mol. The number of ether oxygens (including phenoxy) is 1. The van der Waals surface area contributed by atoms with E-state index in [0.29, 0.717) is 5.92 Å². The number of fused-ring (bicyclic) bond motifs is 1. The first-order valence-corrected chi connectivity index (χ1v) is 6.66. The summed E-state index contributed by atoms with van der Waals surface area (Å²) in [5.41, 5.74) is 1.18. The van der Waals surface area contributed by atoms with E-state index in [2.05, 4.69) is 14.9 Å². The van der Waals surface area contributed by atoms with Crippen LogP contribution in [0.4, 0.5) is 0 Å². The fraction of sp³-hybridized carbons (Fsp3) is 0.692. The van der Waals surface area contributed by atoms with E-state index < -0.39 is 0 Å². The molecule has 0 bridgehead atoms.